The van der Waals surface area contributed by atoms with Gasteiger partial charge in [-0.2, -0.15) is 0 Å². The van der Waals surface area contributed by atoms with Gasteiger partial charge in [-0.3, -0.25) is 4.79 Å². The van der Waals surface area contributed by atoms with Crippen molar-refractivity contribution in [1.29, 1.82) is 0 Å². The number of hydrogen-bond donors (Lipinski definition) is 7. The highest BCUT2D eigenvalue weighted by molar-refractivity contribution is 5.69. The monoisotopic (exact) mass is 959 g/mol. The second-order valence-electron chi connectivity index (χ2n) is 19.1. The van der Waals surface area contributed by atoms with Gasteiger partial charge in [0.2, 0.25) is 0 Å². The van der Waals surface area contributed by atoms with Crippen molar-refractivity contribution in [3.63, 3.8) is 0 Å². The molecule has 7 N–H and O–H groups in total. The number of rotatable bonds is 43. The molecular weight excluding hydrogens is 861 g/mol. The summed E-state index contributed by atoms with van der Waals surface area (Å²) in [6.45, 7) is 3.67. The Morgan fingerprint density at radius 3 is 1.43 bits per heavy atom. The van der Waals surface area contributed by atoms with Crippen LogP contribution < -0.4 is 0 Å². The maximum atomic E-state index is 12.9. The Hall–Kier alpha value is -1.53. The van der Waals surface area contributed by atoms with E-state index in [0.717, 1.165) is 44.9 Å². The summed E-state index contributed by atoms with van der Waals surface area (Å²) in [4.78, 5) is 12.9. The van der Waals surface area contributed by atoms with Gasteiger partial charge in [0.1, 0.15) is 54.9 Å². The lowest BCUT2D eigenvalue weighted by Gasteiger charge is -2.42. The van der Waals surface area contributed by atoms with Crippen molar-refractivity contribution >= 4 is 5.97 Å². The Bertz CT molecular complexity index is 1200. The number of carbonyl (C=O) groups is 1. The van der Waals surface area contributed by atoms with E-state index in [-0.39, 0.29) is 25.6 Å². The average Bonchev–Trinajstić information content (AvgIpc) is 3.32. The molecule has 0 aliphatic carbocycles. The van der Waals surface area contributed by atoms with Gasteiger partial charge >= 0.3 is 5.97 Å². The first-order valence-corrected chi connectivity index (χ1v) is 26.9. The molecule has 0 aromatic carbocycles. The van der Waals surface area contributed by atoms with E-state index in [2.05, 4.69) is 38.2 Å². The van der Waals surface area contributed by atoms with E-state index >= 15 is 0 Å². The summed E-state index contributed by atoms with van der Waals surface area (Å²) in [5, 5.41) is 72.0. The van der Waals surface area contributed by atoms with E-state index in [4.69, 9.17) is 28.4 Å². The van der Waals surface area contributed by atoms with Crippen molar-refractivity contribution in [3.8, 4) is 0 Å². The molecule has 11 unspecified atom stereocenters. The van der Waals surface area contributed by atoms with Crippen molar-refractivity contribution < 1.29 is 69.0 Å². The van der Waals surface area contributed by atoms with E-state index in [1.807, 2.05) is 0 Å². The maximum absolute atomic E-state index is 12.9. The first kappa shape index (κ1) is 61.6. The fraction of sp³-hybridized carbons (Fsp3) is 0.906. The van der Waals surface area contributed by atoms with Crippen LogP contribution in [-0.4, -0.2) is 142 Å². The number of esters is 1. The van der Waals surface area contributed by atoms with Crippen molar-refractivity contribution in [2.75, 3.05) is 33.0 Å². The summed E-state index contributed by atoms with van der Waals surface area (Å²) >= 11 is 0. The molecule has 0 spiro atoms. The number of allylic oxidation sites excluding steroid dienone is 4. The third-order valence-electron chi connectivity index (χ3n) is 13.0. The van der Waals surface area contributed by atoms with Crippen LogP contribution >= 0.6 is 0 Å². The van der Waals surface area contributed by atoms with Crippen LogP contribution in [0.2, 0.25) is 0 Å². The summed E-state index contributed by atoms with van der Waals surface area (Å²) in [6.07, 6.45) is 28.3. The standard InChI is InChI=1S/C53H98O14/c1-3-5-7-9-11-13-14-15-16-17-18-19-20-21-22-23-24-25-26-27-29-31-33-35-37-62-39-42(65-45(55)36-34-32-30-28-12-10-8-6-4-2)40-63-52-51(61)49(59)47(57)44(67-52)41-64-53-50(60)48(58)46(56)43(38-54)66-53/h14-15,17-18,42-44,46-54,56-61H,3-13,16,19-41H2,1-2H3/b15-14-,18-17-. The molecule has 2 heterocycles. The summed E-state index contributed by atoms with van der Waals surface area (Å²) in [6, 6.07) is 0. The largest absolute Gasteiger partial charge is 0.457 e. The molecule has 0 amide bonds. The number of unbranched alkanes of at least 4 members (excludes halogenated alkanes) is 25. The minimum Gasteiger partial charge on any atom is -0.457 e. The van der Waals surface area contributed by atoms with Crippen molar-refractivity contribution in [3.05, 3.63) is 24.3 Å². The predicted molar refractivity (Wildman–Crippen MR) is 261 cm³/mol. The number of carbonyl (C=O) groups excluding carboxylic acids is 1. The number of aliphatic hydroxyl groups excluding tert-OH is 7. The molecule has 2 saturated heterocycles. The van der Waals surface area contributed by atoms with Crippen LogP contribution in [-0.2, 0) is 33.2 Å². The van der Waals surface area contributed by atoms with Gasteiger partial charge in [-0.15, -0.1) is 0 Å². The minimum atomic E-state index is -1.70. The Kier molecular flexibility index (Phi) is 37.8. The molecule has 0 saturated carbocycles. The van der Waals surface area contributed by atoms with Crippen LogP contribution in [0.5, 0.6) is 0 Å². The van der Waals surface area contributed by atoms with E-state index in [9.17, 15) is 40.5 Å². The van der Waals surface area contributed by atoms with Crippen LogP contribution in [0.3, 0.4) is 0 Å². The maximum Gasteiger partial charge on any atom is 0.306 e. The Morgan fingerprint density at radius 2 is 0.925 bits per heavy atom. The van der Waals surface area contributed by atoms with Gasteiger partial charge in [0, 0.05) is 13.0 Å². The summed E-state index contributed by atoms with van der Waals surface area (Å²) in [7, 11) is 0. The van der Waals surface area contributed by atoms with E-state index in [1.165, 1.54) is 135 Å². The minimum absolute atomic E-state index is 0.0643. The smallest absolute Gasteiger partial charge is 0.306 e. The van der Waals surface area contributed by atoms with Crippen LogP contribution in [0.1, 0.15) is 206 Å². The van der Waals surface area contributed by atoms with Gasteiger partial charge in [0.05, 0.1) is 26.4 Å². The molecule has 2 fully saturated rings. The van der Waals surface area contributed by atoms with Crippen LogP contribution in [0.25, 0.3) is 0 Å². The highest BCUT2D eigenvalue weighted by Gasteiger charge is 2.47. The molecule has 0 radical (unpaired) electrons. The Labute approximate surface area is 405 Å². The molecule has 0 aromatic heterocycles. The molecule has 14 nitrogen and oxygen atoms in total. The Morgan fingerprint density at radius 1 is 0.493 bits per heavy atom. The van der Waals surface area contributed by atoms with Crippen molar-refractivity contribution in [1.82, 2.24) is 0 Å². The summed E-state index contributed by atoms with van der Waals surface area (Å²) in [5.41, 5.74) is 0. The van der Waals surface area contributed by atoms with E-state index in [1.54, 1.807) is 0 Å². The fourth-order valence-corrected chi connectivity index (χ4v) is 8.55. The lowest BCUT2D eigenvalue weighted by atomic mass is 9.98. The number of ether oxygens (including phenoxy) is 6. The molecule has 2 aliphatic rings. The van der Waals surface area contributed by atoms with Crippen LogP contribution in [0, 0.1) is 0 Å². The van der Waals surface area contributed by atoms with E-state index < -0.39 is 80.7 Å². The fourth-order valence-electron chi connectivity index (χ4n) is 8.55. The molecule has 2 aliphatic heterocycles. The third-order valence-corrected chi connectivity index (χ3v) is 13.0. The first-order valence-electron chi connectivity index (χ1n) is 26.9. The summed E-state index contributed by atoms with van der Waals surface area (Å²) < 4.78 is 34.2. The van der Waals surface area contributed by atoms with Gasteiger partial charge in [-0.25, -0.2) is 0 Å². The second kappa shape index (κ2) is 41.1. The quantitative estimate of drug-likeness (QED) is 0.0174. The number of hydrogen-bond acceptors (Lipinski definition) is 14. The molecule has 0 aromatic rings. The molecule has 11 atom stereocenters. The predicted octanol–water partition coefficient (Wildman–Crippen LogP) is 8.41. The molecule has 2 rings (SSSR count). The molecular formula is C53H98O14. The lowest BCUT2D eigenvalue weighted by molar-refractivity contribution is -0.332. The van der Waals surface area contributed by atoms with E-state index in [0.29, 0.717) is 13.0 Å². The SMILES string of the molecule is CCCCCCC/C=C\C/C=C\CCCCCCCCCCCCCCOCC(COC1OC(COC2OC(CO)C(O)C(O)C2O)C(O)C(O)C1O)OC(=O)CCCCCCCCCCC. The number of aliphatic hydroxyl groups is 7. The lowest BCUT2D eigenvalue weighted by Crippen LogP contribution is -2.61. The zero-order valence-corrected chi connectivity index (χ0v) is 41.9. The van der Waals surface area contributed by atoms with Crippen molar-refractivity contribution in [2.24, 2.45) is 0 Å². The topological polar surface area (TPSA) is 214 Å². The highest BCUT2D eigenvalue weighted by atomic mass is 16.7. The Balaban J connectivity index is 1.67. The average molecular weight is 959 g/mol. The zero-order valence-electron chi connectivity index (χ0n) is 41.9. The second-order valence-corrected chi connectivity index (χ2v) is 19.1. The van der Waals surface area contributed by atoms with Gasteiger partial charge < -0.3 is 64.2 Å². The zero-order chi connectivity index (χ0) is 48.7. The third kappa shape index (κ3) is 28.8. The van der Waals surface area contributed by atoms with Gasteiger partial charge in [-0.1, -0.05) is 179 Å². The van der Waals surface area contributed by atoms with Crippen LogP contribution in [0.15, 0.2) is 24.3 Å². The highest BCUT2D eigenvalue weighted by Crippen LogP contribution is 2.26. The van der Waals surface area contributed by atoms with Crippen LogP contribution in [0.4, 0.5) is 0 Å². The van der Waals surface area contributed by atoms with Crippen molar-refractivity contribution in [2.45, 2.75) is 274 Å². The first-order chi connectivity index (χ1) is 32.6. The molecule has 0 bridgehead atoms. The molecule has 394 valence electrons. The van der Waals surface area contributed by atoms with Gasteiger partial charge in [0.15, 0.2) is 12.6 Å². The van der Waals surface area contributed by atoms with Gasteiger partial charge in [0.25, 0.3) is 0 Å². The van der Waals surface area contributed by atoms with Gasteiger partial charge in [-0.05, 0) is 44.9 Å². The normalized spacial score (nSPS) is 26.2. The molecule has 14 heteroatoms. The molecule has 67 heavy (non-hydrogen) atoms. The summed E-state index contributed by atoms with van der Waals surface area (Å²) in [5.74, 6) is -0.378.